The second-order valence-corrected chi connectivity index (χ2v) is 6.76. The van der Waals surface area contributed by atoms with Crippen LogP contribution in [0.25, 0.3) is 0 Å². The second kappa shape index (κ2) is 7.79. The van der Waals surface area contributed by atoms with Crippen LogP contribution in [0, 0.1) is 0 Å². The maximum absolute atomic E-state index is 12.8. The molecule has 0 radical (unpaired) electrons. The number of ether oxygens (including phenoxy) is 2. The predicted molar refractivity (Wildman–Crippen MR) is 103 cm³/mol. The Balaban J connectivity index is 1.37. The van der Waals surface area contributed by atoms with Gasteiger partial charge in [-0.2, -0.15) is 0 Å². The summed E-state index contributed by atoms with van der Waals surface area (Å²) in [6.07, 6.45) is 4.71. The van der Waals surface area contributed by atoms with Crippen molar-refractivity contribution in [1.82, 2.24) is 20.3 Å². The molecule has 1 aromatic carbocycles. The number of aromatic nitrogens is 1. The summed E-state index contributed by atoms with van der Waals surface area (Å²) in [4.78, 5) is 16.9. The molecule has 2 aliphatic heterocycles. The van der Waals surface area contributed by atoms with Gasteiger partial charge in [0.1, 0.15) is 0 Å². The number of amides is 1. The molecule has 1 N–H and O–H groups in total. The summed E-state index contributed by atoms with van der Waals surface area (Å²) >= 11 is 5.50. The van der Waals surface area contributed by atoms with Crippen LogP contribution in [0.5, 0.6) is 11.5 Å². The highest BCUT2D eigenvalue weighted by atomic mass is 32.1. The van der Waals surface area contributed by atoms with Crippen LogP contribution in [-0.4, -0.2) is 45.9 Å². The number of benzene rings is 1. The Morgan fingerprint density at radius 3 is 2.85 bits per heavy atom. The van der Waals surface area contributed by atoms with E-state index in [1.165, 1.54) is 0 Å². The predicted octanol–water partition coefficient (Wildman–Crippen LogP) is 1.88. The summed E-state index contributed by atoms with van der Waals surface area (Å²) in [5.74, 6) is 1.42. The normalized spacial score (nSPS) is 15.1. The first-order valence-corrected chi connectivity index (χ1v) is 9.24. The fourth-order valence-corrected chi connectivity index (χ4v) is 3.43. The largest absolute Gasteiger partial charge is 0.454 e. The lowest BCUT2D eigenvalue weighted by Crippen LogP contribution is -2.49. The molecule has 7 nitrogen and oxygen atoms in total. The van der Waals surface area contributed by atoms with Crippen molar-refractivity contribution in [1.29, 1.82) is 0 Å². The Morgan fingerprint density at radius 2 is 2.00 bits per heavy atom. The Morgan fingerprint density at radius 1 is 1.15 bits per heavy atom. The number of pyridine rings is 1. The Bertz CT molecular complexity index is 846. The van der Waals surface area contributed by atoms with Crippen LogP contribution in [0.3, 0.4) is 0 Å². The van der Waals surface area contributed by atoms with Gasteiger partial charge in [0.15, 0.2) is 16.6 Å². The van der Waals surface area contributed by atoms with Gasteiger partial charge in [0.05, 0.1) is 6.42 Å². The quantitative estimate of drug-likeness (QED) is 0.808. The van der Waals surface area contributed by atoms with Crippen LogP contribution in [0.1, 0.15) is 17.5 Å². The molecule has 2 aromatic rings. The van der Waals surface area contributed by atoms with Gasteiger partial charge in [-0.05, 0) is 48.0 Å². The van der Waals surface area contributed by atoms with Crippen LogP contribution < -0.4 is 14.8 Å². The average molecular weight is 384 g/mol. The number of nitrogens with zero attached hydrogens (tertiary/aromatic N) is 3. The fourth-order valence-electron chi connectivity index (χ4n) is 3.17. The van der Waals surface area contributed by atoms with Crippen molar-refractivity contribution >= 4 is 23.2 Å². The number of fused-ring (bicyclic) bond motifs is 1. The van der Waals surface area contributed by atoms with E-state index in [0.717, 1.165) is 29.8 Å². The molecule has 0 unspecified atom stereocenters. The Kier molecular flexibility index (Phi) is 5.06. The maximum Gasteiger partial charge on any atom is 0.245 e. The molecule has 4 rings (SSSR count). The molecule has 1 amide bonds. The SMILES string of the molecule is O=C(Cc1ccc2c(c1)OCO2)N1CCCN1C(=S)NCc1cccnc1. The molecular weight excluding hydrogens is 364 g/mol. The summed E-state index contributed by atoms with van der Waals surface area (Å²) < 4.78 is 10.7. The van der Waals surface area contributed by atoms with Gasteiger partial charge < -0.3 is 14.8 Å². The number of thiocarbonyl (C=S) groups is 1. The van der Waals surface area contributed by atoms with Gasteiger partial charge in [-0.3, -0.25) is 19.8 Å². The van der Waals surface area contributed by atoms with Crippen LogP contribution in [-0.2, 0) is 17.8 Å². The van der Waals surface area contributed by atoms with E-state index in [1.807, 2.05) is 35.3 Å². The van der Waals surface area contributed by atoms with Gasteiger partial charge in [0.25, 0.3) is 0 Å². The highest BCUT2D eigenvalue weighted by molar-refractivity contribution is 7.80. The lowest BCUT2D eigenvalue weighted by Gasteiger charge is -2.30. The number of nitrogens with one attached hydrogen (secondary N) is 1. The molecular formula is C19H20N4O3S. The third-order valence-electron chi connectivity index (χ3n) is 4.51. The van der Waals surface area contributed by atoms with Gasteiger partial charge in [0.2, 0.25) is 12.7 Å². The first-order chi connectivity index (χ1) is 13.2. The summed E-state index contributed by atoms with van der Waals surface area (Å²) in [6, 6.07) is 9.46. The molecule has 0 spiro atoms. The fraction of sp³-hybridized carbons (Fsp3) is 0.316. The molecule has 8 heteroatoms. The third-order valence-corrected chi connectivity index (χ3v) is 4.87. The maximum atomic E-state index is 12.8. The van der Waals surface area contributed by atoms with E-state index in [4.69, 9.17) is 21.7 Å². The molecule has 140 valence electrons. The Hall–Kier alpha value is -2.87. The van der Waals surface area contributed by atoms with Crippen molar-refractivity contribution < 1.29 is 14.3 Å². The summed E-state index contributed by atoms with van der Waals surface area (Å²) in [5, 5.41) is 7.34. The number of hydrogen-bond donors (Lipinski definition) is 1. The van der Waals surface area contributed by atoms with E-state index >= 15 is 0 Å². The molecule has 0 atom stereocenters. The molecule has 1 aromatic heterocycles. The highest BCUT2D eigenvalue weighted by Gasteiger charge is 2.28. The standard InChI is InChI=1S/C19H20N4O3S/c24-18(10-14-4-5-16-17(9-14)26-13-25-16)22-7-2-8-23(22)19(27)21-12-15-3-1-6-20-11-15/h1,3-6,9,11H,2,7-8,10,12-13H2,(H,21,27). The van der Waals surface area contributed by atoms with Crippen molar-refractivity contribution in [2.45, 2.75) is 19.4 Å². The molecule has 1 saturated heterocycles. The van der Waals surface area contributed by atoms with Gasteiger partial charge in [0, 0.05) is 32.0 Å². The van der Waals surface area contributed by atoms with E-state index in [1.54, 1.807) is 17.4 Å². The molecule has 3 heterocycles. The van der Waals surface area contributed by atoms with E-state index in [2.05, 4.69) is 10.3 Å². The van der Waals surface area contributed by atoms with Crippen molar-refractivity contribution in [2.75, 3.05) is 19.9 Å². The lowest BCUT2D eigenvalue weighted by atomic mass is 10.1. The van der Waals surface area contributed by atoms with E-state index < -0.39 is 0 Å². The topological polar surface area (TPSA) is 66.9 Å². The smallest absolute Gasteiger partial charge is 0.245 e. The van der Waals surface area contributed by atoms with Crippen molar-refractivity contribution in [3.63, 3.8) is 0 Å². The number of carbonyl (C=O) groups is 1. The van der Waals surface area contributed by atoms with Gasteiger partial charge in [-0.25, -0.2) is 0 Å². The van der Waals surface area contributed by atoms with Crippen LogP contribution in [0.4, 0.5) is 0 Å². The van der Waals surface area contributed by atoms with Crippen molar-refractivity contribution in [3.8, 4) is 11.5 Å². The Labute approximate surface area is 162 Å². The third kappa shape index (κ3) is 3.95. The molecule has 0 bridgehead atoms. The lowest BCUT2D eigenvalue weighted by molar-refractivity contribution is -0.138. The molecule has 27 heavy (non-hydrogen) atoms. The zero-order valence-corrected chi connectivity index (χ0v) is 15.6. The first kappa shape index (κ1) is 17.5. The van der Waals surface area contributed by atoms with Crippen LogP contribution >= 0.6 is 12.2 Å². The van der Waals surface area contributed by atoms with Crippen molar-refractivity contribution in [3.05, 3.63) is 53.9 Å². The summed E-state index contributed by atoms with van der Waals surface area (Å²) in [6.45, 7) is 2.20. The molecule has 0 saturated carbocycles. The number of rotatable bonds is 4. The second-order valence-electron chi connectivity index (χ2n) is 6.38. The number of hydrogen-bond acceptors (Lipinski definition) is 5. The van der Waals surface area contributed by atoms with Gasteiger partial charge >= 0.3 is 0 Å². The van der Waals surface area contributed by atoms with Crippen LogP contribution in [0.2, 0.25) is 0 Å². The zero-order chi connectivity index (χ0) is 18.6. The van der Waals surface area contributed by atoms with E-state index in [9.17, 15) is 4.79 Å². The summed E-state index contributed by atoms with van der Waals surface area (Å²) in [5.41, 5.74) is 1.93. The minimum atomic E-state index is 0.0110. The number of carbonyl (C=O) groups excluding carboxylic acids is 1. The van der Waals surface area contributed by atoms with Crippen LogP contribution in [0.15, 0.2) is 42.7 Å². The first-order valence-electron chi connectivity index (χ1n) is 8.84. The summed E-state index contributed by atoms with van der Waals surface area (Å²) in [7, 11) is 0. The molecule has 1 fully saturated rings. The van der Waals surface area contributed by atoms with Gasteiger partial charge in [-0.1, -0.05) is 12.1 Å². The van der Waals surface area contributed by atoms with E-state index in [-0.39, 0.29) is 12.7 Å². The highest BCUT2D eigenvalue weighted by Crippen LogP contribution is 2.32. The molecule has 0 aliphatic carbocycles. The number of hydrazine groups is 1. The zero-order valence-electron chi connectivity index (χ0n) is 14.8. The molecule has 2 aliphatic rings. The minimum absolute atomic E-state index is 0.0110. The van der Waals surface area contributed by atoms with Gasteiger partial charge in [-0.15, -0.1) is 0 Å². The van der Waals surface area contributed by atoms with E-state index in [0.29, 0.717) is 30.4 Å². The van der Waals surface area contributed by atoms with Crippen molar-refractivity contribution in [2.24, 2.45) is 0 Å². The monoisotopic (exact) mass is 384 g/mol. The minimum Gasteiger partial charge on any atom is -0.454 e. The average Bonchev–Trinajstić information content (AvgIpc) is 3.36.